The fourth-order valence-corrected chi connectivity index (χ4v) is 9.35. The lowest BCUT2D eigenvalue weighted by Crippen LogP contribution is -2.48. The number of ether oxygens (including phenoxy) is 2. The summed E-state index contributed by atoms with van der Waals surface area (Å²) in [5.41, 5.74) is 13.1. The number of aliphatic hydroxyl groups is 2. The van der Waals surface area contributed by atoms with Crippen molar-refractivity contribution in [2.75, 3.05) is 12.9 Å². The molecule has 0 spiro atoms. The molecule has 0 bridgehead atoms. The number of aromatic nitrogens is 6. The summed E-state index contributed by atoms with van der Waals surface area (Å²) in [6.07, 6.45) is -3.15. The summed E-state index contributed by atoms with van der Waals surface area (Å²) >= 11 is 17.4. The molecule has 2 heterocycles. The number of rotatable bonds is 26. The van der Waals surface area contributed by atoms with E-state index in [9.17, 15) is 49.3 Å². The number of carboxylic acids is 2. The number of nitrogens with zero attached hydrogens (tertiary/aromatic N) is 6. The molecular formula is C63H76BCl3N10O15. The number of nitrogens with one attached hydrogen (secondary N) is 3. The van der Waals surface area contributed by atoms with E-state index in [1.54, 1.807) is 44.9 Å². The maximum Gasteiger partial charge on any atom is 0.374 e. The third-order valence-electron chi connectivity index (χ3n) is 13.7. The lowest BCUT2D eigenvalue weighted by Gasteiger charge is -2.21. The zero-order valence-electron chi connectivity index (χ0n) is 49.4. The molecule has 0 aliphatic heterocycles. The Morgan fingerprint density at radius 2 is 1.07 bits per heavy atom. The van der Waals surface area contributed by atoms with Crippen LogP contribution in [0.4, 0.5) is 0 Å². The normalized spacial score (nSPS) is 12.8. The van der Waals surface area contributed by atoms with Gasteiger partial charge in [-0.1, -0.05) is 160 Å². The average molecular weight is 1330 g/mol. The van der Waals surface area contributed by atoms with E-state index in [0.717, 1.165) is 38.2 Å². The van der Waals surface area contributed by atoms with E-state index >= 15 is 0 Å². The smallest absolute Gasteiger partial charge is 0.374 e. The van der Waals surface area contributed by atoms with Crippen molar-refractivity contribution in [3.05, 3.63) is 166 Å². The van der Waals surface area contributed by atoms with Crippen LogP contribution < -0.4 is 26.4 Å². The maximum atomic E-state index is 13.3. The van der Waals surface area contributed by atoms with Gasteiger partial charge in [-0.25, -0.2) is 9.59 Å². The number of carboxylic acid groups (broad SMARTS) is 2. The van der Waals surface area contributed by atoms with Crippen molar-refractivity contribution in [1.29, 1.82) is 0 Å². The molecule has 92 heavy (non-hydrogen) atoms. The first kappa shape index (κ1) is 75.7. The van der Waals surface area contributed by atoms with Gasteiger partial charge in [0.1, 0.15) is 34.2 Å². The van der Waals surface area contributed by atoms with Crippen LogP contribution in [0.3, 0.4) is 0 Å². The van der Waals surface area contributed by atoms with Crippen LogP contribution in [0.15, 0.2) is 133 Å². The van der Waals surface area contributed by atoms with Crippen molar-refractivity contribution >= 4 is 99.6 Å². The van der Waals surface area contributed by atoms with Gasteiger partial charge in [-0.15, -0.1) is 10.2 Å². The summed E-state index contributed by atoms with van der Waals surface area (Å²) in [5, 5.41) is 81.8. The van der Waals surface area contributed by atoms with Crippen LogP contribution in [-0.2, 0) is 41.5 Å². The number of aliphatic carboxylic acids is 2. The van der Waals surface area contributed by atoms with Gasteiger partial charge in [0.05, 0.1) is 0 Å². The van der Waals surface area contributed by atoms with Crippen LogP contribution in [-0.4, -0.2) is 153 Å². The number of halogens is 3. The minimum atomic E-state index is -1.68. The predicted molar refractivity (Wildman–Crippen MR) is 349 cm³/mol. The highest BCUT2D eigenvalue weighted by Crippen LogP contribution is 2.26. The molecule has 8 aromatic rings. The number of carbonyl (C=O) groups is 6. The van der Waals surface area contributed by atoms with Crippen LogP contribution in [0.25, 0.3) is 44.3 Å². The fourth-order valence-electron chi connectivity index (χ4n) is 8.86. The van der Waals surface area contributed by atoms with Crippen molar-refractivity contribution in [3.8, 4) is 22.3 Å². The highest BCUT2D eigenvalue weighted by Gasteiger charge is 2.27. The van der Waals surface area contributed by atoms with E-state index in [-0.39, 0.29) is 68.7 Å². The molecule has 6 aromatic carbocycles. The van der Waals surface area contributed by atoms with Crippen LogP contribution >= 0.6 is 34.8 Å². The topological polar surface area (TPSA) is 375 Å². The van der Waals surface area contributed by atoms with Crippen molar-refractivity contribution in [2.24, 2.45) is 17.6 Å². The summed E-state index contributed by atoms with van der Waals surface area (Å²) < 4.78 is 9.66. The number of carbonyl (C=O) groups excluding carboxylic acids is 4. The number of alkyl halides is 1. The number of hydrogen-bond donors (Lipinski definition) is 10. The van der Waals surface area contributed by atoms with Gasteiger partial charge in [0.15, 0.2) is 18.3 Å². The molecular weight excluding hydrogens is 1250 g/mol. The van der Waals surface area contributed by atoms with Crippen molar-refractivity contribution in [1.82, 2.24) is 46.2 Å². The Labute approximate surface area is 546 Å². The maximum absolute atomic E-state index is 13.3. The van der Waals surface area contributed by atoms with Gasteiger partial charge < -0.3 is 66.6 Å². The van der Waals surface area contributed by atoms with Gasteiger partial charge in [-0.3, -0.25) is 19.2 Å². The highest BCUT2D eigenvalue weighted by molar-refractivity contribution is 6.46. The second-order valence-electron chi connectivity index (χ2n) is 21.3. The Balaban J connectivity index is 0.000000328. The van der Waals surface area contributed by atoms with Crippen LogP contribution in [0.1, 0.15) is 87.2 Å². The number of amides is 2. The molecule has 2 aromatic heterocycles. The van der Waals surface area contributed by atoms with Gasteiger partial charge in [-0.2, -0.15) is 0 Å². The second kappa shape index (κ2) is 36.4. The molecule has 0 fully saturated rings. The van der Waals surface area contributed by atoms with E-state index in [1.165, 1.54) is 24.3 Å². The molecule has 0 saturated heterocycles. The SMILES string of the molecule is C.C.CB(O)N[C@H](C(=O)OCCl)C(C)C.CC(C)[C@@H](N)C(=O)OCOn1nnc2ccc(C(=O)N[C@H](Cc3ccc(-c4cccc(Cl)c4)cc3)C[C@@H](O)C(=O)O)cc21.O=C(N[C@H](Cc1ccc(-c2cccc(Cl)c2)cc1)C[C@@H](O)C(=O)O)c1ccc2nnn(O)c2c1. The van der Waals surface area contributed by atoms with Gasteiger partial charge in [0.25, 0.3) is 18.6 Å². The average Bonchev–Trinajstić information content (AvgIpc) is 1.68. The molecule has 0 unspecified atom stereocenters. The third-order valence-corrected chi connectivity index (χ3v) is 14.3. The minimum absolute atomic E-state index is 0. The molecule has 0 saturated carbocycles. The first-order valence-electron chi connectivity index (χ1n) is 28.1. The number of fused-ring (bicyclic) bond motifs is 2. The Hall–Kier alpha value is -8.73. The predicted octanol–water partition coefficient (Wildman–Crippen LogP) is 7.73. The van der Waals surface area contributed by atoms with Gasteiger partial charge in [0, 0.05) is 46.1 Å². The molecule has 0 radical (unpaired) electrons. The summed E-state index contributed by atoms with van der Waals surface area (Å²) in [6.45, 7) is 8.36. The lowest BCUT2D eigenvalue weighted by molar-refractivity contribution is -0.160. The second-order valence-corrected chi connectivity index (χ2v) is 22.4. The molecule has 492 valence electrons. The van der Waals surface area contributed by atoms with Crippen LogP contribution in [0.5, 0.6) is 0 Å². The minimum Gasteiger partial charge on any atom is -0.479 e. The van der Waals surface area contributed by atoms with Gasteiger partial charge >= 0.3 is 30.9 Å². The first-order chi connectivity index (χ1) is 42.8. The molecule has 2 amide bonds. The Morgan fingerprint density at radius 1 is 0.609 bits per heavy atom. The zero-order valence-corrected chi connectivity index (χ0v) is 51.7. The van der Waals surface area contributed by atoms with Gasteiger partial charge in [-0.05, 0) is 136 Å². The molecule has 25 nitrogen and oxygen atoms in total. The van der Waals surface area contributed by atoms with E-state index in [0.29, 0.717) is 37.9 Å². The van der Waals surface area contributed by atoms with Crippen LogP contribution in [0.2, 0.25) is 16.9 Å². The third kappa shape index (κ3) is 22.6. The summed E-state index contributed by atoms with van der Waals surface area (Å²) in [4.78, 5) is 78.9. The monoisotopic (exact) mass is 1330 g/mol. The van der Waals surface area contributed by atoms with E-state index < -0.39 is 85.9 Å². The number of hydrogen-bond acceptors (Lipinski definition) is 19. The van der Waals surface area contributed by atoms with Crippen molar-refractivity contribution in [2.45, 2.75) is 111 Å². The largest absolute Gasteiger partial charge is 0.479 e. The molecule has 0 aliphatic carbocycles. The summed E-state index contributed by atoms with van der Waals surface area (Å²) in [7, 11) is -0.740. The highest BCUT2D eigenvalue weighted by atomic mass is 35.5. The van der Waals surface area contributed by atoms with Gasteiger partial charge in [0.2, 0.25) is 0 Å². The summed E-state index contributed by atoms with van der Waals surface area (Å²) in [6, 6.07) is 36.2. The Bertz CT molecular complexity index is 3730. The van der Waals surface area contributed by atoms with Crippen molar-refractivity contribution < 1.29 is 73.7 Å². The number of aliphatic hydroxyl groups excluding tert-OH is 2. The Kier molecular flexibility index (Phi) is 29.9. The first-order valence-corrected chi connectivity index (χ1v) is 29.3. The van der Waals surface area contributed by atoms with E-state index in [2.05, 4.69) is 41.2 Å². The molecule has 6 atom stereocenters. The zero-order chi connectivity index (χ0) is 65.8. The fraction of sp³-hybridized carbons (Fsp3) is 0.333. The number of esters is 2. The number of nitrogens with two attached hydrogens (primary N) is 1. The van der Waals surface area contributed by atoms with E-state index in [1.807, 2.05) is 98.8 Å². The molecule has 29 heteroatoms. The molecule has 8 rings (SSSR count). The summed E-state index contributed by atoms with van der Waals surface area (Å²) in [5.74, 6) is -4.89. The Morgan fingerprint density at radius 3 is 1.49 bits per heavy atom. The quantitative estimate of drug-likeness (QED) is 0.00814. The van der Waals surface area contributed by atoms with Crippen LogP contribution in [0, 0.1) is 11.8 Å². The van der Waals surface area contributed by atoms with E-state index in [4.69, 9.17) is 60.2 Å². The lowest BCUT2D eigenvalue weighted by atomic mass is 9.85. The molecule has 0 aliphatic rings. The standard InChI is InChI=1S/C30H32ClN5O7.C24H21ClN4O5.C7H15BClNO3.2CH4/c1-17(2)27(32)30(41)42-16-43-36-25-14-21(10-11-24(25)34-35-36)28(38)33-23(15-26(37)29(39)40)12-18-6-8-19(9-7-18)20-4-3-5-22(31)13-20;25-18-3-1-2-16(11-18)15-6-4-14(5-7-15)10-19(13-22(30)24(32)33)26-23(31)17-8-9-20-21(12-17)29(34)28-27-20;1-5(2)6(10-8(3)12)7(11)13-4-9;;/h3-11,13-14,17,23,26-27,37H,12,15-16,32H2,1-2H3,(H,33,38)(H,39,40);1-9,11-12,19,22,30,34H,10,13H2,(H,26,31)(H,32,33);5-6,10,12H,4H2,1-3H3;2*1H4/t23-,26-,27-;19-,22-;6-;;/m110../s1. The van der Waals surface area contributed by atoms with Crippen molar-refractivity contribution in [3.63, 3.8) is 0 Å². The molecule has 11 N–H and O–H groups in total. The number of benzene rings is 6.